The van der Waals surface area contributed by atoms with Gasteiger partial charge in [0, 0.05) is 24.3 Å². The van der Waals surface area contributed by atoms with E-state index in [4.69, 9.17) is 4.74 Å². The number of benzene rings is 2. The topological polar surface area (TPSA) is 88.6 Å². The van der Waals surface area contributed by atoms with E-state index >= 15 is 0 Å². The van der Waals surface area contributed by atoms with Crippen LogP contribution in [0.1, 0.15) is 28.2 Å². The van der Waals surface area contributed by atoms with Crippen LogP contribution in [0.25, 0.3) is 10.2 Å². The number of nitrogens with zero attached hydrogens (tertiary/aromatic N) is 2. The number of hydrogen-bond acceptors (Lipinski definition) is 6. The monoisotopic (exact) mass is 431 g/mol. The SMILES string of the molecule is COc1ccc(C(=O)Nc2ccc3nc(C)sc3c2)cc1S(=O)(=O)N1CCCC1. The maximum atomic E-state index is 13.0. The van der Waals surface area contributed by atoms with Crippen molar-refractivity contribution in [3.05, 3.63) is 47.0 Å². The molecule has 0 saturated carbocycles. The highest BCUT2D eigenvalue weighted by Crippen LogP contribution is 2.30. The highest BCUT2D eigenvalue weighted by molar-refractivity contribution is 7.89. The Balaban J connectivity index is 1.64. The first-order chi connectivity index (χ1) is 13.9. The standard InChI is InChI=1S/C20H21N3O4S2/c1-13-21-16-7-6-15(12-18(16)28-13)22-20(24)14-5-8-17(27-2)19(11-14)29(25,26)23-9-3-4-10-23/h5-8,11-12H,3-4,9-10H2,1-2H3,(H,22,24). The molecule has 9 heteroatoms. The molecule has 4 rings (SSSR count). The summed E-state index contributed by atoms with van der Waals surface area (Å²) in [6.07, 6.45) is 1.67. The van der Waals surface area contributed by atoms with Gasteiger partial charge >= 0.3 is 0 Å². The van der Waals surface area contributed by atoms with Crippen LogP contribution in [0.2, 0.25) is 0 Å². The van der Waals surface area contributed by atoms with Gasteiger partial charge in [0.15, 0.2) is 0 Å². The fourth-order valence-electron chi connectivity index (χ4n) is 3.41. The second-order valence-corrected chi connectivity index (χ2v) is 9.99. The van der Waals surface area contributed by atoms with Gasteiger partial charge in [-0.2, -0.15) is 4.31 Å². The number of aryl methyl sites for hydroxylation is 1. The fourth-order valence-corrected chi connectivity index (χ4v) is 5.97. The lowest BCUT2D eigenvalue weighted by Crippen LogP contribution is -2.28. The summed E-state index contributed by atoms with van der Waals surface area (Å²) in [4.78, 5) is 17.2. The van der Waals surface area contributed by atoms with Crippen molar-refractivity contribution < 1.29 is 17.9 Å². The van der Waals surface area contributed by atoms with Gasteiger partial charge in [0.05, 0.1) is 22.3 Å². The summed E-state index contributed by atoms with van der Waals surface area (Å²) in [5.41, 5.74) is 1.77. The average Bonchev–Trinajstić information content (AvgIpc) is 3.36. The quantitative estimate of drug-likeness (QED) is 0.666. The van der Waals surface area contributed by atoms with Crippen molar-refractivity contribution in [3.63, 3.8) is 0 Å². The Morgan fingerprint density at radius 2 is 1.93 bits per heavy atom. The van der Waals surface area contributed by atoms with Crippen molar-refractivity contribution >= 4 is 43.2 Å². The molecule has 1 saturated heterocycles. The van der Waals surface area contributed by atoms with Gasteiger partial charge in [0.1, 0.15) is 10.6 Å². The lowest BCUT2D eigenvalue weighted by atomic mass is 10.2. The first-order valence-electron chi connectivity index (χ1n) is 9.25. The number of carbonyl (C=O) groups excluding carboxylic acids is 1. The smallest absolute Gasteiger partial charge is 0.255 e. The number of anilines is 1. The highest BCUT2D eigenvalue weighted by atomic mass is 32.2. The van der Waals surface area contributed by atoms with Crippen LogP contribution in [0.3, 0.4) is 0 Å². The van der Waals surface area contributed by atoms with Gasteiger partial charge in [-0.3, -0.25) is 4.79 Å². The molecule has 2 aromatic carbocycles. The minimum Gasteiger partial charge on any atom is -0.495 e. The second kappa shape index (κ2) is 7.74. The zero-order valence-electron chi connectivity index (χ0n) is 16.1. The first kappa shape index (κ1) is 19.8. The van der Waals surface area contributed by atoms with Gasteiger partial charge in [0.2, 0.25) is 10.0 Å². The van der Waals surface area contributed by atoms with Gasteiger partial charge in [0.25, 0.3) is 5.91 Å². The van der Waals surface area contributed by atoms with Crippen LogP contribution in [0.4, 0.5) is 5.69 Å². The molecule has 1 aliphatic heterocycles. The number of fused-ring (bicyclic) bond motifs is 1. The molecule has 0 atom stereocenters. The van der Waals surface area contributed by atoms with E-state index in [-0.39, 0.29) is 22.1 Å². The lowest BCUT2D eigenvalue weighted by molar-refractivity contribution is 0.102. The number of nitrogens with one attached hydrogen (secondary N) is 1. The summed E-state index contributed by atoms with van der Waals surface area (Å²) in [7, 11) is -2.29. The molecule has 2 heterocycles. The van der Waals surface area contributed by atoms with Crippen LogP contribution in [0.15, 0.2) is 41.3 Å². The van der Waals surface area contributed by atoms with Gasteiger partial charge in [-0.15, -0.1) is 11.3 Å². The first-order valence-corrected chi connectivity index (χ1v) is 11.5. The van der Waals surface area contributed by atoms with Crippen molar-refractivity contribution in [2.75, 3.05) is 25.5 Å². The predicted molar refractivity (Wildman–Crippen MR) is 113 cm³/mol. The lowest BCUT2D eigenvalue weighted by Gasteiger charge is -2.18. The Morgan fingerprint density at radius 1 is 1.17 bits per heavy atom. The molecule has 0 spiro atoms. The third-order valence-corrected chi connectivity index (χ3v) is 7.72. The number of hydrogen-bond donors (Lipinski definition) is 1. The van der Waals surface area contributed by atoms with E-state index in [1.807, 2.05) is 19.1 Å². The van der Waals surface area contributed by atoms with Crippen LogP contribution in [-0.4, -0.2) is 43.8 Å². The molecule has 1 aliphatic rings. The maximum absolute atomic E-state index is 13.0. The number of amides is 1. The number of sulfonamides is 1. The summed E-state index contributed by atoms with van der Waals surface area (Å²) < 4.78 is 33.7. The molecule has 1 aromatic heterocycles. The zero-order chi connectivity index (χ0) is 20.6. The molecule has 1 N–H and O–H groups in total. The Morgan fingerprint density at radius 3 is 2.66 bits per heavy atom. The van der Waals surface area contributed by atoms with E-state index in [1.54, 1.807) is 23.5 Å². The molecule has 0 bridgehead atoms. The number of methoxy groups -OCH3 is 1. The summed E-state index contributed by atoms with van der Waals surface area (Å²) in [6.45, 7) is 2.90. The van der Waals surface area contributed by atoms with E-state index in [2.05, 4.69) is 10.3 Å². The van der Waals surface area contributed by atoms with E-state index < -0.39 is 10.0 Å². The van der Waals surface area contributed by atoms with Gasteiger partial charge in [-0.1, -0.05) is 0 Å². The number of aromatic nitrogens is 1. The maximum Gasteiger partial charge on any atom is 0.255 e. The van der Waals surface area contributed by atoms with Crippen LogP contribution in [0.5, 0.6) is 5.75 Å². The zero-order valence-corrected chi connectivity index (χ0v) is 17.8. The van der Waals surface area contributed by atoms with Crippen molar-refractivity contribution in [2.24, 2.45) is 0 Å². The van der Waals surface area contributed by atoms with Gasteiger partial charge in [-0.05, 0) is 56.2 Å². The third-order valence-electron chi connectivity index (χ3n) is 4.86. The highest BCUT2D eigenvalue weighted by Gasteiger charge is 2.30. The number of rotatable bonds is 5. The Bertz CT molecular complexity index is 1180. The number of carbonyl (C=O) groups is 1. The third kappa shape index (κ3) is 3.85. The van der Waals surface area contributed by atoms with Crippen molar-refractivity contribution in [2.45, 2.75) is 24.7 Å². The van der Waals surface area contributed by atoms with Crippen LogP contribution in [-0.2, 0) is 10.0 Å². The Hall–Kier alpha value is -2.49. The number of ether oxygens (including phenoxy) is 1. The summed E-state index contributed by atoms with van der Waals surface area (Å²) in [5.74, 6) is -0.152. The molecule has 0 unspecified atom stereocenters. The minimum absolute atomic E-state index is 0.0167. The molecule has 152 valence electrons. The van der Waals surface area contributed by atoms with Gasteiger partial charge in [-0.25, -0.2) is 13.4 Å². The largest absolute Gasteiger partial charge is 0.495 e. The number of thiazole rings is 1. The molecule has 1 amide bonds. The molecule has 0 aliphatic carbocycles. The molecule has 7 nitrogen and oxygen atoms in total. The van der Waals surface area contributed by atoms with E-state index in [0.717, 1.165) is 28.1 Å². The summed E-state index contributed by atoms with van der Waals surface area (Å²) in [5, 5.41) is 3.79. The van der Waals surface area contributed by atoms with E-state index in [9.17, 15) is 13.2 Å². The van der Waals surface area contributed by atoms with Crippen molar-refractivity contribution in [1.29, 1.82) is 0 Å². The Labute approximate surface area is 173 Å². The summed E-state index contributed by atoms with van der Waals surface area (Å²) in [6, 6.07) is 9.97. The second-order valence-electron chi connectivity index (χ2n) is 6.85. The normalized spacial score (nSPS) is 15.0. The van der Waals surface area contributed by atoms with Crippen LogP contribution >= 0.6 is 11.3 Å². The average molecular weight is 432 g/mol. The van der Waals surface area contributed by atoms with E-state index in [1.165, 1.54) is 23.5 Å². The predicted octanol–water partition coefficient (Wildman–Crippen LogP) is 3.65. The fraction of sp³-hybridized carbons (Fsp3) is 0.300. The van der Waals surface area contributed by atoms with Crippen molar-refractivity contribution in [3.8, 4) is 5.75 Å². The minimum atomic E-state index is -3.71. The Kier molecular flexibility index (Phi) is 5.28. The molecule has 1 fully saturated rings. The van der Waals surface area contributed by atoms with Crippen molar-refractivity contribution in [1.82, 2.24) is 9.29 Å². The molecule has 3 aromatic rings. The molecular formula is C20H21N3O4S2. The summed E-state index contributed by atoms with van der Waals surface area (Å²) >= 11 is 1.55. The molecular weight excluding hydrogens is 410 g/mol. The van der Waals surface area contributed by atoms with Crippen LogP contribution < -0.4 is 10.1 Å². The van der Waals surface area contributed by atoms with E-state index in [0.29, 0.717) is 18.8 Å². The van der Waals surface area contributed by atoms with Crippen LogP contribution in [0, 0.1) is 6.92 Å². The van der Waals surface area contributed by atoms with Gasteiger partial charge < -0.3 is 10.1 Å². The molecule has 0 radical (unpaired) electrons. The molecule has 29 heavy (non-hydrogen) atoms.